The van der Waals surface area contributed by atoms with E-state index in [1.165, 1.54) is 0 Å². The summed E-state index contributed by atoms with van der Waals surface area (Å²) in [6, 6.07) is 5.88. The molecule has 0 unspecified atom stereocenters. The van der Waals surface area contributed by atoms with Crippen molar-refractivity contribution in [1.29, 1.82) is 0 Å². The van der Waals surface area contributed by atoms with Crippen LogP contribution >= 0.6 is 0 Å². The van der Waals surface area contributed by atoms with Gasteiger partial charge >= 0.3 is 0 Å². The molecule has 0 saturated heterocycles. The summed E-state index contributed by atoms with van der Waals surface area (Å²) in [5, 5.41) is 3.14. The molecule has 17 heavy (non-hydrogen) atoms. The Morgan fingerprint density at radius 2 is 2.00 bits per heavy atom. The fraction of sp³-hybridized carbons (Fsp3) is 0.538. The van der Waals surface area contributed by atoms with Crippen molar-refractivity contribution < 1.29 is 9.47 Å². The van der Waals surface area contributed by atoms with Crippen LogP contribution in [-0.2, 0) is 6.54 Å². The molecule has 0 saturated carbocycles. The molecule has 0 radical (unpaired) electrons. The highest BCUT2D eigenvalue weighted by atomic mass is 16.5. The minimum atomic E-state index is 0.849. The number of benzene rings is 1. The SMILES string of the molecule is CNCCN(C)Cc1cc(OC)ccc1OC. The van der Waals surface area contributed by atoms with E-state index in [1.54, 1.807) is 14.2 Å². The molecule has 0 aromatic heterocycles. The van der Waals surface area contributed by atoms with E-state index in [-0.39, 0.29) is 0 Å². The lowest BCUT2D eigenvalue weighted by Gasteiger charge is -2.18. The average Bonchev–Trinajstić information content (AvgIpc) is 2.36. The molecule has 0 bridgehead atoms. The summed E-state index contributed by atoms with van der Waals surface area (Å²) in [4.78, 5) is 2.24. The van der Waals surface area contributed by atoms with Gasteiger partial charge in [-0.2, -0.15) is 0 Å². The summed E-state index contributed by atoms with van der Waals surface area (Å²) >= 11 is 0. The average molecular weight is 238 g/mol. The number of nitrogens with zero attached hydrogens (tertiary/aromatic N) is 1. The quantitative estimate of drug-likeness (QED) is 0.777. The normalized spacial score (nSPS) is 10.6. The zero-order chi connectivity index (χ0) is 12.7. The molecule has 0 atom stereocenters. The standard InChI is InChI=1S/C13H22N2O2/c1-14-7-8-15(2)10-11-9-12(16-3)5-6-13(11)17-4/h5-6,9,14H,7-8,10H2,1-4H3. The second kappa shape index (κ2) is 7.14. The fourth-order valence-electron chi connectivity index (χ4n) is 1.68. The van der Waals surface area contributed by atoms with E-state index in [9.17, 15) is 0 Å². The Hall–Kier alpha value is -1.26. The van der Waals surface area contributed by atoms with Crippen LogP contribution in [0.15, 0.2) is 18.2 Å². The third kappa shape index (κ3) is 4.24. The smallest absolute Gasteiger partial charge is 0.123 e. The van der Waals surface area contributed by atoms with Gasteiger partial charge in [-0.25, -0.2) is 0 Å². The number of rotatable bonds is 7. The van der Waals surface area contributed by atoms with Gasteiger partial charge in [0.1, 0.15) is 11.5 Å². The molecule has 0 heterocycles. The summed E-state index contributed by atoms with van der Waals surface area (Å²) in [5.41, 5.74) is 1.14. The van der Waals surface area contributed by atoms with Crippen LogP contribution in [0.25, 0.3) is 0 Å². The fourth-order valence-corrected chi connectivity index (χ4v) is 1.68. The van der Waals surface area contributed by atoms with Crippen molar-refractivity contribution in [2.45, 2.75) is 6.54 Å². The van der Waals surface area contributed by atoms with E-state index < -0.39 is 0 Å². The van der Waals surface area contributed by atoms with Crippen LogP contribution in [0.5, 0.6) is 11.5 Å². The van der Waals surface area contributed by atoms with E-state index >= 15 is 0 Å². The third-order valence-electron chi connectivity index (χ3n) is 2.67. The highest BCUT2D eigenvalue weighted by Gasteiger charge is 2.07. The number of nitrogens with one attached hydrogen (secondary N) is 1. The van der Waals surface area contributed by atoms with Crippen molar-refractivity contribution in [3.8, 4) is 11.5 Å². The van der Waals surface area contributed by atoms with Crippen molar-refractivity contribution in [2.24, 2.45) is 0 Å². The van der Waals surface area contributed by atoms with Crippen molar-refractivity contribution >= 4 is 0 Å². The van der Waals surface area contributed by atoms with E-state index in [0.29, 0.717) is 0 Å². The number of hydrogen-bond acceptors (Lipinski definition) is 4. The highest BCUT2D eigenvalue weighted by molar-refractivity contribution is 5.40. The maximum atomic E-state index is 5.35. The first-order chi connectivity index (χ1) is 8.21. The van der Waals surface area contributed by atoms with Crippen LogP contribution < -0.4 is 14.8 Å². The number of likely N-dealkylation sites (N-methyl/N-ethyl adjacent to an activating group) is 2. The molecule has 0 fully saturated rings. The molecule has 0 aliphatic rings. The lowest BCUT2D eigenvalue weighted by atomic mass is 10.1. The molecule has 1 N–H and O–H groups in total. The van der Waals surface area contributed by atoms with Gasteiger partial charge < -0.3 is 19.7 Å². The lowest BCUT2D eigenvalue weighted by Crippen LogP contribution is -2.27. The van der Waals surface area contributed by atoms with Gasteiger partial charge in [0.2, 0.25) is 0 Å². The molecular formula is C13H22N2O2. The Bertz CT molecular complexity index is 342. The number of ether oxygens (including phenoxy) is 2. The van der Waals surface area contributed by atoms with Crippen LogP contribution in [0.1, 0.15) is 5.56 Å². The molecule has 0 spiro atoms. The Balaban J connectivity index is 2.72. The minimum absolute atomic E-state index is 0.849. The molecule has 96 valence electrons. The summed E-state index contributed by atoms with van der Waals surface area (Å²) in [6.45, 7) is 2.82. The number of hydrogen-bond donors (Lipinski definition) is 1. The second-order valence-corrected chi connectivity index (χ2v) is 4.02. The van der Waals surface area contributed by atoms with Crippen LogP contribution in [0.2, 0.25) is 0 Å². The topological polar surface area (TPSA) is 33.7 Å². The van der Waals surface area contributed by atoms with Gasteiger partial charge in [0.15, 0.2) is 0 Å². The zero-order valence-electron chi connectivity index (χ0n) is 11.1. The number of methoxy groups -OCH3 is 2. The molecule has 1 rings (SSSR count). The molecule has 0 aliphatic carbocycles. The van der Waals surface area contributed by atoms with Crippen molar-refractivity contribution in [3.05, 3.63) is 23.8 Å². The predicted octanol–water partition coefficient (Wildman–Crippen LogP) is 1.35. The predicted molar refractivity (Wildman–Crippen MR) is 69.8 cm³/mol. The van der Waals surface area contributed by atoms with Crippen LogP contribution in [0, 0.1) is 0 Å². The summed E-state index contributed by atoms with van der Waals surface area (Å²) < 4.78 is 10.6. The van der Waals surface area contributed by atoms with Crippen LogP contribution in [0.3, 0.4) is 0 Å². The largest absolute Gasteiger partial charge is 0.497 e. The van der Waals surface area contributed by atoms with Gasteiger partial charge in [-0.3, -0.25) is 0 Å². The Labute approximate surface area is 104 Å². The van der Waals surface area contributed by atoms with Gasteiger partial charge in [-0.15, -0.1) is 0 Å². The summed E-state index contributed by atoms with van der Waals surface area (Å²) in [5.74, 6) is 1.77. The Morgan fingerprint density at radius 1 is 1.24 bits per heavy atom. The summed E-state index contributed by atoms with van der Waals surface area (Å²) in [7, 11) is 7.42. The maximum absolute atomic E-state index is 5.35. The molecule has 0 amide bonds. The molecular weight excluding hydrogens is 216 g/mol. The molecule has 4 nitrogen and oxygen atoms in total. The van der Waals surface area contributed by atoms with Gasteiger partial charge in [0.25, 0.3) is 0 Å². The highest BCUT2D eigenvalue weighted by Crippen LogP contribution is 2.24. The minimum Gasteiger partial charge on any atom is -0.497 e. The second-order valence-electron chi connectivity index (χ2n) is 4.02. The Morgan fingerprint density at radius 3 is 2.59 bits per heavy atom. The molecule has 4 heteroatoms. The van der Waals surface area contributed by atoms with E-state index in [2.05, 4.69) is 17.3 Å². The van der Waals surface area contributed by atoms with Gasteiger partial charge in [-0.05, 0) is 32.3 Å². The van der Waals surface area contributed by atoms with Gasteiger partial charge in [0, 0.05) is 25.2 Å². The summed E-state index contributed by atoms with van der Waals surface area (Å²) in [6.07, 6.45) is 0. The van der Waals surface area contributed by atoms with Gasteiger partial charge in [0.05, 0.1) is 14.2 Å². The van der Waals surface area contributed by atoms with Gasteiger partial charge in [-0.1, -0.05) is 0 Å². The van der Waals surface area contributed by atoms with E-state index in [0.717, 1.165) is 36.7 Å². The molecule has 1 aromatic rings. The lowest BCUT2D eigenvalue weighted by molar-refractivity contribution is 0.317. The first kappa shape index (κ1) is 13.8. The molecule has 1 aromatic carbocycles. The van der Waals surface area contributed by atoms with Crippen LogP contribution in [-0.4, -0.2) is 46.3 Å². The monoisotopic (exact) mass is 238 g/mol. The van der Waals surface area contributed by atoms with Crippen molar-refractivity contribution in [2.75, 3.05) is 41.4 Å². The maximum Gasteiger partial charge on any atom is 0.123 e. The first-order valence-electron chi connectivity index (χ1n) is 5.75. The first-order valence-corrected chi connectivity index (χ1v) is 5.75. The van der Waals surface area contributed by atoms with E-state index in [4.69, 9.17) is 9.47 Å². The zero-order valence-corrected chi connectivity index (χ0v) is 11.1. The molecule has 0 aliphatic heterocycles. The third-order valence-corrected chi connectivity index (χ3v) is 2.67. The van der Waals surface area contributed by atoms with Crippen molar-refractivity contribution in [3.63, 3.8) is 0 Å². The Kier molecular flexibility index (Phi) is 5.80. The van der Waals surface area contributed by atoms with Crippen LogP contribution in [0.4, 0.5) is 0 Å². The van der Waals surface area contributed by atoms with Crippen molar-refractivity contribution in [1.82, 2.24) is 10.2 Å². The van der Waals surface area contributed by atoms with E-state index in [1.807, 2.05) is 25.2 Å².